The highest BCUT2D eigenvalue weighted by molar-refractivity contribution is 5.90. The summed E-state index contributed by atoms with van der Waals surface area (Å²) in [4.78, 5) is 15.5. The van der Waals surface area contributed by atoms with Gasteiger partial charge in [0, 0.05) is 13.0 Å². The van der Waals surface area contributed by atoms with E-state index in [9.17, 15) is 4.79 Å². The standard InChI is InChI=1S/C16H19N3O2/c1-3-13(17)14-9-8-12(10-18-14)21-16-7-5-4-6-15(16)19-11(2)20/h4-10,13H,3,17H2,1-2H3,(H,19,20)/t13-/m0/s1. The van der Waals surface area contributed by atoms with E-state index >= 15 is 0 Å². The Hall–Kier alpha value is -2.40. The Morgan fingerprint density at radius 1 is 1.33 bits per heavy atom. The van der Waals surface area contributed by atoms with Crippen molar-refractivity contribution in [3.8, 4) is 11.5 Å². The van der Waals surface area contributed by atoms with E-state index in [0.717, 1.165) is 12.1 Å². The van der Waals surface area contributed by atoms with Crippen LogP contribution in [0.1, 0.15) is 32.0 Å². The molecule has 0 aliphatic heterocycles. The van der Waals surface area contributed by atoms with Crippen LogP contribution in [0.2, 0.25) is 0 Å². The topological polar surface area (TPSA) is 77.2 Å². The van der Waals surface area contributed by atoms with Crippen molar-refractivity contribution in [1.29, 1.82) is 0 Å². The molecule has 0 saturated heterocycles. The van der Waals surface area contributed by atoms with E-state index in [1.54, 1.807) is 18.3 Å². The fraction of sp³-hybridized carbons (Fsp3) is 0.250. The Morgan fingerprint density at radius 2 is 2.10 bits per heavy atom. The third-order valence-corrected chi connectivity index (χ3v) is 3.00. The minimum atomic E-state index is -0.145. The van der Waals surface area contributed by atoms with Crippen LogP contribution >= 0.6 is 0 Å². The number of nitrogens with two attached hydrogens (primary N) is 1. The molecule has 0 radical (unpaired) electrons. The van der Waals surface area contributed by atoms with Gasteiger partial charge in [-0.2, -0.15) is 0 Å². The van der Waals surface area contributed by atoms with Crippen LogP contribution in [-0.2, 0) is 4.79 Å². The Kier molecular flexibility index (Phi) is 4.90. The lowest BCUT2D eigenvalue weighted by Gasteiger charge is -2.12. The van der Waals surface area contributed by atoms with E-state index in [-0.39, 0.29) is 11.9 Å². The zero-order valence-corrected chi connectivity index (χ0v) is 12.2. The molecule has 2 aromatic rings. The highest BCUT2D eigenvalue weighted by atomic mass is 16.5. The van der Waals surface area contributed by atoms with Crippen molar-refractivity contribution in [3.05, 3.63) is 48.3 Å². The number of ether oxygens (including phenoxy) is 1. The Labute approximate surface area is 124 Å². The Morgan fingerprint density at radius 3 is 2.71 bits per heavy atom. The zero-order valence-electron chi connectivity index (χ0n) is 12.2. The molecule has 1 heterocycles. The van der Waals surface area contributed by atoms with E-state index in [1.807, 2.05) is 31.2 Å². The van der Waals surface area contributed by atoms with Gasteiger partial charge in [-0.05, 0) is 30.7 Å². The van der Waals surface area contributed by atoms with Crippen LogP contribution in [0.25, 0.3) is 0 Å². The van der Waals surface area contributed by atoms with Crippen molar-refractivity contribution >= 4 is 11.6 Å². The molecule has 1 aromatic heterocycles. The van der Waals surface area contributed by atoms with Gasteiger partial charge in [-0.15, -0.1) is 0 Å². The average molecular weight is 285 g/mol. The molecule has 0 unspecified atom stereocenters. The largest absolute Gasteiger partial charge is 0.454 e. The number of nitrogens with zero attached hydrogens (tertiary/aromatic N) is 1. The zero-order chi connectivity index (χ0) is 15.2. The number of benzene rings is 1. The van der Waals surface area contributed by atoms with E-state index in [1.165, 1.54) is 6.92 Å². The van der Waals surface area contributed by atoms with Crippen molar-refractivity contribution < 1.29 is 9.53 Å². The van der Waals surface area contributed by atoms with Gasteiger partial charge < -0.3 is 15.8 Å². The molecule has 0 aliphatic rings. The smallest absolute Gasteiger partial charge is 0.221 e. The highest BCUT2D eigenvalue weighted by Crippen LogP contribution is 2.29. The molecule has 5 heteroatoms. The molecular formula is C16H19N3O2. The molecule has 0 bridgehead atoms. The number of anilines is 1. The van der Waals surface area contributed by atoms with Gasteiger partial charge in [-0.25, -0.2) is 0 Å². The molecule has 5 nitrogen and oxygen atoms in total. The van der Waals surface area contributed by atoms with E-state index in [2.05, 4.69) is 10.3 Å². The summed E-state index contributed by atoms with van der Waals surface area (Å²) in [5, 5.41) is 2.73. The number of para-hydroxylation sites is 2. The number of hydrogen-bond acceptors (Lipinski definition) is 4. The number of carbonyl (C=O) groups is 1. The fourth-order valence-corrected chi connectivity index (χ4v) is 1.86. The maximum atomic E-state index is 11.2. The minimum Gasteiger partial charge on any atom is -0.454 e. The number of pyridine rings is 1. The first-order valence-corrected chi connectivity index (χ1v) is 6.86. The van der Waals surface area contributed by atoms with Gasteiger partial charge in [0.2, 0.25) is 5.91 Å². The Bertz CT molecular complexity index is 611. The third kappa shape index (κ3) is 4.03. The quantitative estimate of drug-likeness (QED) is 0.884. The lowest BCUT2D eigenvalue weighted by Crippen LogP contribution is -2.10. The maximum absolute atomic E-state index is 11.2. The fourth-order valence-electron chi connectivity index (χ4n) is 1.86. The SMILES string of the molecule is CC[C@H](N)c1ccc(Oc2ccccc2NC(C)=O)cn1. The molecule has 21 heavy (non-hydrogen) atoms. The maximum Gasteiger partial charge on any atom is 0.221 e. The summed E-state index contributed by atoms with van der Waals surface area (Å²) >= 11 is 0. The van der Waals surface area contributed by atoms with Crippen LogP contribution in [0.3, 0.4) is 0 Å². The number of nitrogens with one attached hydrogen (secondary N) is 1. The average Bonchev–Trinajstić information content (AvgIpc) is 2.49. The van der Waals surface area contributed by atoms with Gasteiger partial charge in [-0.3, -0.25) is 9.78 Å². The van der Waals surface area contributed by atoms with E-state index in [4.69, 9.17) is 10.5 Å². The first kappa shape index (κ1) is 15.0. The number of hydrogen-bond donors (Lipinski definition) is 2. The summed E-state index contributed by atoms with van der Waals surface area (Å²) in [5.74, 6) is 1.02. The first-order valence-electron chi connectivity index (χ1n) is 6.86. The van der Waals surface area contributed by atoms with Gasteiger partial charge in [0.05, 0.1) is 17.6 Å². The van der Waals surface area contributed by atoms with Gasteiger partial charge >= 0.3 is 0 Å². The molecule has 2 rings (SSSR count). The molecule has 1 aromatic carbocycles. The first-order chi connectivity index (χ1) is 10.1. The summed E-state index contributed by atoms with van der Waals surface area (Å²) in [7, 11) is 0. The molecule has 0 spiro atoms. The predicted molar refractivity (Wildman–Crippen MR) is 82.3 cm³/mol. The Balaban J connectivity index is 2.16. The highest BCUT2D eigenvalue weighted by Gasteiger charge is 2.08. The van der Waals surface area contributed by atoms with Crippen LogP contribution in [-0.4, -0.2) is 10.9 Å². The van der Waals surface area contributed by atoms with Crippen molar-refractivity contribution in [1.82, 2.24) is 4.98 Å². The summed E-state index contributed by atoms with van der Waals surface area (Å²) in [6, 6.07) is 10.9. The molecule has 0 fully saturated rings. The predicted octanol–water partition coefficient (Wildman–Crippen LogP) is 3.24. The van der Waals surface area contributed by atoms with Crippen molar-refractivity contribution in [3.63, 3.8) is 0 Å². The second-order valence-corrected chi connectivity index (χ2v) is 4.71. The molecule has 110 valence electrons. The van der Waals surface area contributed by atoms with Gasteiger partial charge in [0.15, 0.2) is 5.75 Å². The lowest BCUT2D eigenvalue weighted by molar-refractivity contribution is -0.114. The third-order valence-electron chi connectivity index (χ3n) is 3.00. The van der Waals surface area contributed by atoms with Crippen LogP contribution in [0.5, 0.6) is 11.5 Å². The van der Waals surface area contributed by atoms with E-state index < -0.39 is 0 Å². The summed E-state index contributed by atoms with van der Waals surface area (Å²) < 4.78 is 5.76. The second-order valence-electron chi connectivity index (χ2n) is 4.71. The monoisotopic (exact) mass is 285 g/mol. The second kappa shape index (κ2) is 6.85. The number of rotatable bonds is 5. The number of aromatic nitrogens is 1. The van der Waals surface area contributed by atoms with Crippen LogP contribution < -0.4 is 15.8 Å². The van der Waals surface area contributed by atoms with Crippen molar-refractivity contribution in [2.24, 2.45) is 5.73 Å². The lowest BCUT2D eigenvalue weighted by atomic mass is 10.1. The molecular weight excluding hydrogens is 266 g/mol. The number of carbonyl (C=O) groups excluding carboxylic acids is 1. The van der Waals surface area contributed by atoms with Crippen LogP contribution in [0.4, 0.5) is 5.69 Å². The van der Waals surface area contributed by atoms with Crippen LogP contribution in [0.15, 0.2) is 42.6 Å². The normalized spacial score (nSPS) is 11.8. The molecule has 1 amide bonds. The molecule has 3 N–H and O–H groups in total. The van der Waals surface area contributed by atoms with Gasteiger partial charge in [0.1, 0.15) is 5.75 Å². The van der Waals surface area contributed by atoms with Crippen molar-refractivity contribution in [2.45, 2.75) is 26.3 Å². The van der Waals surface area contributed by atoms with Gasteiger partial charge in [-0.1, -0.05) is 19.1 Å². The minimum absolute atomic E-state index is 0.0642. The molecule has 0 saturated carbocycles. The van der Waals surface area contributed by atoms with Gasteiger partial charge in [0.25, 0.3) is 0 Å². The summed E-state index contributed by atoms with van der Waals surface area (Å²) in [6.45, 7) is 3.47. The molecule has 1 atom stereocenters. The summed E-state index contributed by atoms with van der Waals surface area (Å²) in [5.41, 5.74) is 7.38. The number of amides is 1. The van der Waals surface area contributed by atoms with E-state index in [0.29, 0.717) is 17.2 Å². The summed E-state index contributed by atoms with van der Waals surface area (Å²) in [6.07, 6.45) is 2.47. The van der Waals surface area contributed by atoms with Crippen molar-refractivity contribution in [2.75, 3.05) is 5.32 Å². The molecule has 0 aliphatic carbocycles. The van der Waals surface area contributed by atoms with Crippen LogP contribution in [0, 0.1) is 0 Å².